The number of nitrogens with one attached hydrogen (secondary N) is 1. The molecular weight excluding hydrogens is 290 g/mol. The van der Waals surface area contributed by atoms with Crippen LogP contribution in [0.1, 0.15) is 19.8 Å². The van der Waals surface area contributed by atoms with Gasteiger partial charge in [0.1, 0.15) is 5.75 Å². The molecule has 1 heterocycles. The Bertz CT molecular complexity index is 583. The first-order chi connectivity index (χ1) is 9.88. The van der Waals surface area contributed by atoms with Gasteiger partial charge in [-0.3, -0.25) is 0 Å². The Hall–Kier alpha value is -1.31. The highest BCUT2D eigenvalue weighted by atomic mass is 32.2. The second-order valence-corrected chi connectivity index (χ2v) is 7.45. The first-order valence-corrected chi connectivity index (χ1v) is 8.67. The van der Waals surface area contributed by atoms with Gasteiger partial charge in [0.15, 0.2) is 0 Å². The van der Waals surface area contributed by atoms with E-state index in [1.165, 1.54) is 31.0 Å². The van der Waals surface area contributed by atoms with E-state index in [9.17, 15) is 13.5 Å². The minimum Gasteiger partial charge on any atom is -0.506 e. The molecule has 0 amide bonds. The Morgan fingerprint density at radius 2 is 2.05 bits per heavy atom. The number of hydrogen-bond donors (Lipinski definition) is 3. The maximum atomic E-state index is 12.2. The van der Waals surface area contributed by atoms with Crippen LogP contribution in [0.25, 0.3) is 0 Å². The molecule has 1 atom stereocenters. The van der Waals surface area contributed by atoms with Crippen LogP contribution in [0.5, 0.6) is 5.75 Å². The topological polar surface area (TPSA) is 95.7 Å². The van der Waals surface area contributed by atoms with Crippen molar-refractivity contribution >= 4 is 15.7 Å². The first kappa shape index (κ1) is 16.1. The lowest BCUT2D eigenvalue weighted by atomic mass is 10.2. The molecule has 4 N–H and O–H groups in total. The number of anilines is 1. The third-order valence-corrected chi connectivity index (χ3v) is 5.12. The molecule has 1 aliphatic rings. The van der Waals surface area contributed by atoms with E-state index in [1.54, 1.807) is 0 Å². The smallest absolute Gasteiger partial charge is 0.240 e. The predicted octanol–water partition coefficient (Wildman–Crippen LogP) is 0.985. The molecule has 0 aliphatic carbocycles. The van der Waals surface area contributed by atoms with E-state index in [4.69, 9.17) is 5.73 Å². The highest BCUT2D eigenvalue weighted by Crippen LogP contribution is 2.23. The van der Waals surface area contributed by atoms with Crippen LogP contribution in [0.15, 0.2) is 23.1 Å². The standard InChI is InChI=1S/C14H23N3O3S/c1-11(10-17-6-2-3-7-17)9-16-21(19,20)12-4-5-14(18)13(15)8-12/h4-5,8,11,16,18H,2-3,6-7,9-10,15H2,1H3. The molecule has 0 bridgehead atoms. The van der Waals surface area contributed by atoms with Crippen LogP contribution >= 0.6 is 0 Å². The van der Waals surface area contributed by atoms with Gasteiger partial charge in [0.25, 0.3) is 0 Å². The lowest BCUT2D eigenvalue weighted by Crippen LogP contribution is -2.34. The van der Waals surface area contributed by atoms with Crippen molar-refractivity contribution in [2.24, 2.45) is 5.92 Å². The van der Waals surface area contributed by atoms with E-state index in [0.29, 0.717) is 6.54 Å². The molecule has 1 unspecified atom stereocenters. The Labute approximate surface area is 126 Å². The summed E-state index contributed by atoms with van der Waals surface area (Å²) in [5.41, 5.74) is 5.59. The van der Waals surface area contributed by atoms with Gasteiger partial charge in [-0.1, -0.05) is 6.92 Å². The Balaban J connectivity index is 1.92. The maximum Gasteiger partial charge on any atom is 0.240 e. The van der Waals surface area contributed by atoms with Crippen LogP contribution in [0.2, 0.25) is 0 Å². The van der Waals surface area contributed by atoms with Gasteiger partial charge in [0, 0.05) is 13.1 Å². The van der Waals surface area contributed by atoms with Gasteiger partial charge in [-0.2, -0.15) is 0 Å². The highest BCUT2D eigenvalue weighted by molar-refractivity contribution is 7.89. The van der Waals surface area contributed by atoms with Crippen LogP contribution in [0.4, 0.5) is 5.69 Å². The van der Waals surface area contributed by atoms with E-state index in [0.717, 1.165) is 19.6 Å². The summed E-state index contributed by atoms with van der Waals surface area (Å²) in [6.07, 6.45) is 2.45. The van der Waals surface area contributed by atoms with Gasteiger partial charge in [0.2, 0.25) is 10.0 Å². The third-order valence-electron chi connectivity index (χ3n) is 3.70. The van der Waals surface area contributed by atoms with Crippen LogP contribution in [-0.4, -0.2) is 44.6 Å². The summed E-state index contributed by atoms with van der Waals surface area (Å²) in [7, 11) is -3.59. The largest absolute Gasteiger partial charge is 0.506 e. The molecule has 6 nitrogen and oxygen atoms in total. The molecule has 1 aliphatic heterocycles. The molecule has 0 spiro atoms. The molecule has 118 valence electrons. The number of benzene rings is 1. The lowest BCUT2D eigenvalue weighted by Gasteiger charge is -2.20. The SMILES string of the molecule is CC(CNS(=O)(=O)c1ccc(O)c(N)c1)CN1CCCC1. The van der Waals surface area contributed by atoms with Crippen molar-refractivity contribution in [1.82, 2.24) is 9.62 Å². The summed E-state index contributed by atoms with van der Waals surface area (Å²) in [6, 6.07) is 3.90. The summed E-state index contributed by atoms with van der Waals surface area (Å²) in [5, 5.41) is 9.34. The summed E-state index contributed by atoms with van der Waals surface area (Å²) in [6.45, 7) is 5.53. The molecule has 2 rings (SSSR count). The summed E-state index contributed by atoms with van der Waals surface area (Å²) < 4.78 is 27.0. The third kappa shape index (κ3) is 4.33. The fraction of sp³-hybridized carbons (Fsp3) is 0.571. The molecule has 0 aromatic heterocycles. The van der Waals surface area contributed by atoms with Gasteiger partial charge >= 0.3 is 0 Å². The van der Waals surface area contributed by atoms with Crippen molar-refractivity contribution in [3.8, 4) is 5.75 Å². The zero-order valence-electron chi connectivity index (χ0n) is 12.2. The van der Waals surface area contributed by atoms with Gasteiger partial charge in [0.05, 0.1) is 10.6 Å². The number of rotatable bonds is 6. The second-order valence-electron chi connectivity index (χ2n) is 5.69. The molecule has 1 aromatic rings. The molecule has 0 radical (unpaired) electrons. The van der Waals surface area contributed by atoms with E-state index in [1.807, 2.05) is 6.92 Å². The number of nitrogens with two attached hydrogens (primary N) is 1. The van der Waals surface area contributed by atoms with Crippen molar-refractivity contribution in [2.45, 2.75) is 24.7 Å². The molecular formula is C14H23N3O3S. The summed E-state index contributed by atoms with van der Waals surface area (Å²) >= 11 is 0. The molecule has 0 saturated carbocycles. The summed E-state index contributed by atoms with van der Waals surface area (Å²) in [4.78, 5) is 2.43. The van der Waals surface area contributed by atoms with Crippen molar-refractivity contribution in [3.05, 3.63) is 18.2 Å². The van der Waals surface area contributed by atoms with Gasteiger partial charge in [-0.15, -0.1) is 0 Å². The number of nitrogen functional groups attached to an aromatic ring is 1. The molecule has 21 heavy (non-hydrogen) atoms. The van der Waals surface area contributed by atoms with Crippen LogP contribution in [0, 0.1) is 5.92 Å². The lowest BCUT2D eigenvalue weighted by molar-refractivity contribution is 0.288. The Morgan fingerprint density at radius 1 is 1.38 bits per heavy atom. The average molecular weight is 313 g/mol. The zero-order chi connectivity index (χ0) is 15.5. The van der Waals surface area contributed by atoms with Gasteiger partial charge < -0.3 is 15.7 Å². The first-order valence-electron chi connectivity index (χ1n) is 7.19. The fourth-order valence-corrected chi connectivity index (χ4v) is 3.71. The molecule has 7 heteroatoms. The van der Waals surface area contributed by atoms with Crippen LogP contribution in [0.3, 0.4) is 0 Å². The normalized spacial score (nSPS) is 18.0. The van der Waals surface area contributed by atoms with Crippen LogP contribution in [-0.2, 0) is 10.0 Å². The quantitative estimate of drug-likeness (QED) is 0.537. The predicted molar refractivity (Wildman–Crippen MR) is 82.5 cm³/mol. The van der Waals surface area contributed by atoms with Gasteiger partial charge in [-0.25, -0.2) is 13.1 Å². The number of phenols is 1. The Morgan fingerprint density at radius 3 is 2.67 bits per heavy atom. The van der Waals surface area contributed by atoms with E-state index >= 15 is 0 Å². The number of aromatic hydroxyl groups is 1. The van der Waals surface area contributed by atoms with Crippen molar-refractivity contribution in [3.63, 3.8) is 0 Å². The number of likely N-dealkylation sites (tertiary alicyclic amines) is 1. The second kappa shape index (κ2) is 6.64. The minimum absolute atomic E-state index is 0.0583. The minimum atomic E-state index is -3.59. The average Bonchev–Trinajstić information content (AvgIpc) is 2.92. The number of phenolic OH excluding ortho intramolecular Hbond substituents is 1. The summed E-state index contributed by atoms with van der Waals surface area (Å²) in [5.74, 6) is 0.128. The fourth-order valence-electron chi connectivity index (χ4n) is 2.51. The van der Waals surface area contributed by atoms with E-state index < -0.39 is 10.0 Å². The van der Waals surface area contributed by atoms with Gasteiger partial charge in [-0.05, 0) is 50.0 Å². The van der Waals surface area contributed by atoms with Crippen molar-refractivity contribution in [1.29, 1.82) is 0 Å². The highest BCUT2D eigenvalue weighted by Gasteiger charge is 2.19. The van der Waals surface area contributed by atoms with E-state index in [-0.39, 0.29) is 22.3 Å². The zero-order valence-corrected chi connectivity index (χ0v) is 13.1. The maximum absolute atomic E-state index is 12.2. The monoisotopic (exact) mass is 313 g/mol. The number of nitrogens with zero attached hydrogens (tertiary/aromatic N) is 1. The molecule has 1 aromatic carbocycles. The van der Waals surface area contributed by atoms with Crippen molar-refractivity contribution < 1.29 is 13.5 Å². The number of sulfonamides is 1. The number of hydrogen-bond acceptors (Lipinski definition) is 5. The van der Waals surface area contributed by atoms with Crippen molar-refractivity contribution in [2.75, 3.05) is 31.9 Å². The Kier molecular flexibility index (Phi) is 5.08. The molecule has 1 fully saturated rings. The van der Waals surface area contributed by atoms with Crippen LogP contribution < -0.4 is 10.5 Å². The van der Waals surface area contributed by atoms with E-state index in [2.05, 4.69) is 9.62 Å². The molecule has 1 saturated heterocycles.